The van der Waals surface area contributed by atoms with Crippen LogP contribution in [-0.4, -0.2) is 30.6 Å². The number of nitrogens with zero attached hydrogens (tertiary/aromatic N) is 2. The molecule has 0 amide bonds. The molecule has 1 atom stereocenters. The first-order valence-corrected chi connectivity index (χ1v) is 9.09. The SMILES string of the molecule is CCNC(=NCC(C)c1ccsc1)NCCc1ccc(C)nc1. The maximum atomic E-state index is 4.70. The molecule has 4 nitrogen and oxygen atoms in total. The first kappa shape index (κ1) is 17.5. The van der Waals surface area contributed by atoms with E-state index in [0.717, 1.165) is 37.7 Å². The summed E-state index contributed by atoms with van der Waals surface area (Å²) in [5.41, 5.74) is 3.66. The van der Waals surface area contributed by atoms with Crippen LogP contribution in [0.15, 0.2) is 40.1 Å². The minimum Gasteiger partial charge on any atom is -0.357 e. The minimum absolute atomic E-state index is 0.443. The van der Waals surface area contributed by atoms with Gasteiger partial charge in [-0.2, -0.15) is 11.3 Å². The Bertz CT molecular complexity index is 590. The fourth-order valence-electron chi connectivity index (χ4n) is 2.20. The third-order valence-electron chi connectivity index (χ3n) is 3.66. The Hall–Kier alpha value is -1.88. The van der Waals surface area contributed by atoms with Gasteiger partial charge in [-0.05, 0) is 54.3 Å². The van der Waals surface area contributed by atoms with Gasteiger partial charge in [-0.15, -0.1) is 0 Å². The molecule has 0 fully saturated rings. The first-order chi connectivity index (χ1) is 11.2. The molecule has 2 rings (SSSR count). The summed E-state index contributed by atoms with van der Waals surface area (Å²) >= 11 is 1.74. The molecule has 0 saturated heterocycles. The molecule has 2 heterocycles. The highest BCUT2D eigenvalue weighted by Crippen LogP contribution is 2.18. The first-order valence-electron chi connectivity index (χ1n) is 8.15. The number of aromatic nitrogens is 1. The van der Waals surface area contributed by atoms with Gasteiger partial charge in [0.15, 0.2) is 5.96 Å². The van der Waals surface area contributed by atoms with Crippen molar-refractivity contribution in [3.05, 3.63) is 52.0 Å². The zero-order valence-electron chi connectivity index (χ0n) is 14.2. The van der Waals surface area contributed by atoms with Crippen LogP contribution in [0.4, 0.5) is 0 Å². The molecule has 2 N–H and O–H groups in total. The maximum Gasteiger partial charge on any atom is 0.191 e. The van der Waals surface area contributed by atoms with Crippen LogP contribution >= 0.6 is 11.3 Å². The lowest BCUT2D eigenvalue weighted by molar-refractivity contribution is 0.747. The summed E-state index contributed by atoms with van der Waals surface area (Å²) in [5.74, 6) is 1.33. The highest BCUT2D eigenvalue weighted by Gasteiger charge is 2.06. The molecule has 2 aromatic heterocycles. The molecule has 2 aromatic rings. The second-order valence-electron chi connectivity index (χ2n) is 5.66. The molecule has 5 heteroatoms. The van der Waals surface area contributed by atoms with E-state index in [4.69, 9.17) is 4.99 Å². The van der Waals surface area contributed by atoms with Crippen LogP contribution in [0, 0.1) is 6.92 Å². The quantitative estimate of drug-likeness (QED) is 0.604. The van der Waals surface area contributed by atoms with Gasteiger partial charge in [0.25, 0.3) is 0 Å². The van der Waals surface area contributed by atoms with E-state index in [2.05, 4.69) is 58.4 Å². The van der Waals surface area contributed by atoms with Gasteiger partial charge in [0.1, 0.15) is 0 Å². The molecule has 1 unspecified atom stereocenters. The third kappa shape index (κ3) is 6.02. The minimum atomic E-state index is 0.443. The van der Waals surface area contributed by atoms with E-state index in [9.17, 15) is 0 Å². The van der Waals surface area contributed by atoms with Gasteiger partial charge in [-0.3, -0.25) is 9.98 Å². The summed E-state index contributed by atoms with van der Waals surface area (Å²) in [6.45, 7) is 8.81. The van der Waals surface area contributed by atoms with Gasteiger partial charge in [0.05, 0.1) is 0 Å². The normalized spacial score (nSPS) is 12.9. The van der Waals surface area contributed by atoms with Crippen molar-refractivity contribution in [3.63, 3.8) is 0 Å². The van der Waals surface area contributed by atoms with E-state index in [1.165, 1.54) is 11.1 Å². The fraction of sp³-hybridized carbons (Fsp3) is 0.444. The summed E-state index contributed by atoms with van der Waals surface area (Å²) in [7, 11) is 0. The molecule has 0 radical (unpaired) electrons. The number of nitrogens with one attached hydrogen (secondary N) is 2. The standard InChI is InChI=1S/C18H26N4S/c1-4-19-18(22-11-14(2)17-8-10-23-13-17)20-9-7-16-6-5-15(3)21-12-16/h5-6,8,10,12-14H,4,7,9,11H2,1-3H3,(H2,19,20,22). The molecule has 0 aliphatic rings. The number of aryl methyl sites for hydroxylation is 1. The van der Waals surface area contributed by atoms with Crippen molar-refractivity contribution in [2.45, 2.75) is 33.1 Å². The van der Waals surface area contributed by atoms with Gasteiger partial charge in [0.2, 0.25) is 0 Å². The molecule has 23 heavy (non-hydrogen) atoms. The summed E-state index contributed by atoms with van der Waals surface area (Å²) in [6.07, 6.45) is 2.89. The van der Waals surface area contributed by atoms with Gasteiger partial charge in [-0.1, -0.05) is 13.0 Å². The van der Waals surface area contributed by atoms with Crippen molar-refractivity contribution in [2.24, 2.45) is 4.99 Å². The second-order valence-corrected chi connectivity index (χ2v) is 6.44. The van der Waals surface area contributed by atoms with Gasteiger partial charge >= 0.3 is 0 Å². The Kier molecular flexibility index (Phi) is 7.07. The van der Waals surface area contributed by atoms with Crippen molar-refractivity contribution in [1.29, 1.82) is 0 Å². The summed E-state index contributed by atoms with van der Waals surface area (Å²) < 4.78 is 0. The summed E-state index contributed by atoms with van der Waals surface area (Å²) in [6, 6.07) is 6.36. The number of pyridine rings is 1. The Morgan fingerprint density at radius 2 is 2.17 bits per heavy atom. The highest BCUT2D eigenvalue weighted by molar-refractivity contribution is 7.07. The molecular formula is C18H26N4S. The zero-order chi connectivity index (χ0) is 16.5. The molecule has 0 aromatic carbocycles. The van der Waals surface area contributed by atoms with Crippen LogP contribution in [-0.2, 0) is 6.42 Å². The van der Waals surface area contributed by atoms with E-state index >= 15 is 0 Å². The molecular weight excluding hydrogens is 304 g/mol. The van der Waals surface area contributed by atoms with Crippen molar-refractivity contribution in [3.8, 4) is 0 Å². The number of hydrogen-bond acceptors (Lipinski definition) is 3. The maximum absolute atomic E-state index is 4.70. The average Bonchev–Trinajstić information content (AvgIpc) is 3.08. The monoisotopic (exact) mass is 330 g/mol. The van der Waals surface area contributed by atoms with Crippen LogP contribution in [0.3, 0.4) is 0 Å². The Balaban J connectivity index is 1.82. The fourth-order valence-corrected chi connectivity index (χ4v) is 2.98. The largest absolute Gasteiger partial charge is 0.357 e. The Morgan fingerprint density at radius 3 is 2.83 bits per heavy atom. The molecule has 0 aliphatic heterocycles. The number of hydrogen-bond donors (Lipinski definition) is 2. The summed E-state index contributed by atoms with van der Waals surface area (Å²) in [5, 5.41) is 11.0. The van der Waals surface area contributed by atoms with E-state index in [1.807, 2.05) is 13.1 Å². The van der Waals surface area contributed by atoms with Crippen LogP contribution in [0.25, 0.3) is 0 Å². The molecule has 124 valence electrons. The van der Waals surface area contributed by atoms with Gasteiger partial charge in [-0.25, -0.2) is 0 Å². The van der Waals surface area contributed by atoms with E-state index in [1.54, 1.807) is 11.3 Å². The number of aliphatic imine (C=N–C) groups is 1. The number of guanidine groups is 1. The lowest BCUT2D eigenvalue weighted by Crippen LogP contribution is -2.38. The Labute approximate surface area is 143 Å². The highest BCUT2D eigenvalue weighted by atomic mass is 32.1. The number of rotatable bonds is 7. The summed E-state index contributed by atoms with van der Waals surface area (Å²) in [4.78, 5) is 9.03. The van der Waals surface area contributed by atoms with Crippen molar-refractivity contribution >= 4 is 17.3 Å². The van der Waals surface area contributed by atoms with E-state index < -0.39 is 0 Å². The van der Waals surface area contributed by atoms with Crippen molar-refractivity contribution in [2.75, 3.05) is 19.6 Å². The molecule has 0 bridgehead atoms. The van der Waals surface area contributed by atoms with Gasteiger partial charge < -0.3 is 10.6 Å². The average molecular weight is 331 g/mol. The predicted molar refractivity (Wildman–Crippen MR) is 99.4 cm³/mol. The second kappa shape index (κ2) is 9.30. The molecule has 0 saturated carbocycles. The Morgan fingerprint density at radius 1 is 1.30 bits per heavy atom. The van der Waals surface area contributed by atoms with Crippen LogP contribution in [0.5, 0.6) is 0 Å². The predicted octanol–water partition coefficient (Wildman–Crippen LogP) is 3.35. The lowest BCUT2D eigenvalue weighted by Gasteiger charge is -2.13. The van der Waals surface area contributed by atoms with E-state index in [-0.39, 0.29) is 0 Å². The smallest absolute Gasteiger partial charge is 0.191 e. The van der Waals surface area contributed by atoms with Crippen molar-refractivity contribution in [1.82, 2.24) is 15.6 Å². The van der Waals surface area contributed by atoms with Crippen LogP contribution in [0.2, 0.25) is 0 Å². The van der Waals surface area contributed by atoms with Crippen LogP contribution in [0.1, 0.15) is 36.6 Å². The van der Waals surface area contributed by atoms with E-state index in [0.29, 0.717) is 5.92 Å². The number of thiophene rings is 1. The topological polar surface area (TPSA) is 49.3 Å². The van der Waals surface area contributed by atoms with Gasteiger partial charge in [0, 0.05) is 37.4 Å². The van der Waals surface area contributed by atoms with Crippen molar-refractivity contribution < 1.29 is 0 Å². The molecule has 0 aliphatic carbocycles. The lowest BCUT2D eigenvalue weighted by atomic mass is 10.1. The van der Waals surface area contributed by atoms with Crippen LogP contribution < -0.4 is 10.6 Å². The molecule has 0 spiro atoms. The zero-order valence-corrected chi connectivity index (χ0v) is 15.0. The third-order valence-corrected chi connectivity index (χ3v) is 4.36.